The monoisotopic (exact) mass is 322 g/mol. The third-order valence-corrected chi connectivity index (χ3v) is 4.60. The van der Waals surface area contributed by atoms with E-state index in [4.69, 9.17) is 5.73 Å². The minimum atomic E-state index is 0.139. The Morgan fingerprint density at radius 3 is 2.48 bits per heavy atom. The van der Waals surface area contributed by atoms with Gasteiger partial charge in [0.1, 0.15) is 34.9 Å². The lowest BCUT2D eigenvalue weighted by atomic mass is 9.99. The average molecular weight is 322 g/mol. The summed E-state index contributed by atoms with van der Waals surface area (Å²) in [6.45, 7) is 1.61. The second kappa shape index (κ2) is 6.55. The highest BCUT2D eigenvalue weighted by molar-refractivity contribution is 7.99. The molecule has 0 aromatic carbocycles. The standard InChI is InChI=1S/C16H14N6S/c17-9-11-14(13-3-1-2-4-20-13)12(10-18)16(21-15(11)19)22-5-7-23-8-6-22/h1-4H,5-8H2,(H2,19,21). The number of nitrogens with zero attached hydrogens (tertiary/aromatic N) is 5. The summed E-state index contributed by atoms with van der Waals surface area (Å²) in [4.78, 5) is 10.7. The van der Waals surface area contributed by atoms with Crippen LogP contribution in [0.3, 0.4) is 0 Å². The first-order valence-electron chi connectivity index (χ1n) is 7.14. The van der Waals surface area contributed by atoms with Gasteiger partial charge in [0.15, 0.2) is 0 Å². The topological polar surface area (TPSA) is 103 Å². The molecule has 0 spiro atoms. The van der Waals surface area contributed by atoms with E-state index in [-0.39, 0.29) is 11.4 Å². The summed E-state index contributed by atoms with van der Waals surface area (Å²) < 4.78 is 0. The fourth-order valence-electron chi connectivity index (χ4n) is 2.58. The molecule has 0 amide bonds. The van der Waals surface area contributed by atoms with Crippen LogP contribution in [0, 0.1) is 22.7 Å². The Morgan fingerprint density at radius 1 is 1.13 bits per heavy atom. The number of nitrogens with two attached hydrogens (primary N) is 1. The summed E-state index contributed by atoms with van der Waals surface area (Å²) in [5, 5.41) is 19.2. The molecule has 2 aromatic heterocycles. The van der Waals surface area contributed by atoms with Crippen LogP contribution in [0.2, 0.25) is 0 Å². The van der Waals surface area contributed by atoms with Gasteiger partial charge < -0.3 is 10.6 Å². The molecule has 1 aliphatic rings. The van der Waals surface area contributed by atoms with Gasteiger partial charge in [0.25, 0.3) is 0 Å². The van der Waals surface area contributed by atoms with Gasteiger partial charge in [-0.1, -0.05) is 6.07 Å². The number of rotatable bonds is 2. The zero-order valence-electron chi connectivity index (χ0n) is 12.4. The van der Waals surface area contributed by atoms with Crippen LogP contribution in [0.4, 0.5) is 11.6 Å². The van der Waals surface area contributed by atoms with Crippen molar-refractivity contribution in [1.29, 1.82) is 10.5 Å². The summed E-state index contributed by atoms with van der Waals surface area (Å²) in [5.74, 6) is 2.64. The van der Waals surface area contributed by atoms with Gasteiger partial charge in [-0.05, 0) is 12.1 Å². The molecule has 0 bridgehead atoms. The van der Waals surface area contributed by atoms with Crippen LogP contribution in [0.1, 0.15) is 11.1 Å². The summed E-state index contributed by atoms with van der Waals surface area (Å²) in [7, 11) is 0. The first kappa shape index (κ1) is 15.1. The van der Waals surface area contributed by atoms with Gasteiger partial charge in [-0.3, -0.25) is 4.98 Å². The lowest BCUT2D eigenvalue weighted by molar-refractivity contribution is 0.838. The molecule has 0 radical (unpaired) electrons. The zero-order chi connectivity index (χ0) is 16.2. The van der Waals surface area contributed by atoms with Crippen molar-refractivity contribution >= 4 is 23.4 Å². The number of hydrogen-bond donors (Lipinski definition) is 1. The first-order valence-corrected chi connectivity index (χ1v) is 8.29. The van der Waals surface area contributed by atoms with Crippen molar-refractivity contribution in [3.63, 3.8) is 0 Å². The Labute approximate surface area is 138 Å². The van der Waals surface area contributed by atoms with Gasteiger partial charge in [-0.25, -0.2) is 4.98 Å². The maximum Gasteiger partial charge on any atom is 0.149 e. The van der Waals surface area contributed by atoms with Crippen molar-refractivity contribution in [3.8, 4) is 23.4 Å². The quantitative estimate of drug-likeness (QED) is 0.902. The van der Waals surface area contributed by atoms with E-state index < -0.39 is 0 Å². The van der Waals surface area contributed by atoms with Crippen LogP contribution >= 0.6 is 11.8 Å². The Kier molecular flexibility index (Phi) is 4.31. The number of nitrogen functional groups attached to an aromatic ring is 1. The molecule has 114 valence electrons. The number of thioether (sulfide) groups is 1. The predicted molar refractivity (Wildman–Crippen MR) is 90.8 cm³/mol. The maximum atomic E-state index is 9.70. The maximum absolute atomic E-state index is 9.70. The van der Waals surface area contributed by atoms with Gasteiger partial charge in [0, 0.05) is 36.4 Å². The van der Waals surface area contributed by atoms with Gasteiger partial charge in [0.05, 0.1) is 5.69 Å². The lowest BCUT2D eigenvalue weighted by Crippen LogP contribution is -2.34. The van der Waals surface area contributed by atoms with E-state index in [0.29, 0.717) is 22.6 Å². The van der Waals surface area contributed by atoms with Gasteiger partial charge in [0.2, 0.25) is 0 Å². The van der Waals surface area contributed by atoms with Crippen molar-refractivity contribution in [3.05, 3.63) is 35.5 Å². The van der Waals surface area contributed by atoms with Crippen molar-refractivity contribution in [2.45, 2.75) is 0 Å². The fourth-order valence-corrected chi connectivity index (χ4v) is 3.48. The van der Waals surface area contributed by atoms with E-state index in [1.165, 1.54) is 0 Å². The number of nitriles is 2. The summed E-state index contributed by atoms with van der Waals surface area (Å²) in [6, 6.07) is 9.64. The molecule has 6 nitrogen and oxygen atoms in total. The summed E-state index contributed by atoms with van der Waals surface area (Å²) in [6.07, 6.45) is 1.63. The first-order chi connectivity index (χ1) is 11.3. The molecule has 0 atom stereocenters. The van der Waals surface area contributed by atoms with Gasteiger partial charge >= 0.3 is 0 Å². The van der Waals surface area contributed by atoms with Crippen molar-refractivity contribution in [2.24, 2.45) is 0 Å². The molecule has 2 N–H and O–H groups in total. The van der Waals surface area contributed by atoms with Crippen LogP contribution in [0.15, 0.2) is 24.4 Å². The van der Waals surface area contributed by atoms with Gasteiger partial charge in [-0.2, -0.15) is 22.3 Å². The smallest absolute Gasteiger partial charge is 0.149 e. The number of pyridine rings is 2. The highest BCUT2D eigenvalue weighted by Crippen LogP contribution is 2.35. The van der Waals surface area contributed by atoms with Crippen molar-refractivity contribution < 1.29 is 0 Å². The van der Waals surface area contributed by atoms with Crippen molar-refractivity contribution in [1.82, 2.24) is 9.97 Å². The van der Waals surface area contributed by atoms with Gasteiger partial charge in [-0.15, -0.1) is 0 Å². The molecule has 2 aromatic rings. The van der Waals surface area contributed by atoms with E-state index >= 15 is 0 Å². The molecule has 0 unspecified atom stereocenters. The average Bonchev–Trinajstić information content (AvgIpc) is 2.62. The minimum Gasteiger partial charge on any atom is -0.383 e. The Bertz CT molecular complexity index is 800. The second-order valence-electron chi connectivity index (χ2n) is 4.98. The highest BCUT2D eigenvalue weighted by atomic mass is 32.2. The third-order valence-electron chi connectivity index (χ3n) is 3.66. The van der Waals surface area contributed by atoms with E-state index in [9.17, 15) is 10.5 Å². The number of aromatic nitrogens is 2. The fraction of sp³-hybridized carbons (Fsp3) is 0.250. The van der Waals surface area contributed by atoms with Crippen LogP contribution in [-0.4, -0.2) is 34.6 Å². The van der Waals surface area contributed by atoms with Crippen LogP contribution < -0.4 is 10.6 Å². The molecule has 3 heterocycles. The van der Waals surface area contributed by atoms with Crippen LogP contribution in [0.25, 0.3) is 11.3 Å². The largest absolute Gasteiger partial charge is 0.383 e. The molecular formula is C16H14N6S. The molecule has 0 aliphatic carbocycles. The Morgan fingerprint density at radius 2 is 1.87 bits per heavy atom. The molecular weight excluding hydrogens is 308 g/mol. The van der Waals surface area contributed by atoms with E-state index in [0.717, 1.165) is 24.6 Å². The number of anilines is 2. The van der Waals surface area contributed by atoms with E-state index in [1.54, 1.807) is 18.3 Å². The summed E-state index contributed by atoms with van der Waals surface area (Å²) in [5.41, 5.74) is 7.59. The van der Waals surface area contributed by atoms with Crippen molar-refractivity contribution in [2.75, 3.05) is 35.2 Å². The zero-order valence-corrected chi connectivity index (χ0v) is 13.2. The second-order valence-corrected chi connectivity index (χ2v) is 6.21. The number of hydrogen-bond acceptors (Lipinski definition) is 7. The molecule has 1 saturated heterocycles. The SMILES string of the molecule is N#Cc1c(N)nc(N2CCSCC2)c(C#N)c1-c1ccccn1. The Balaban J connectivity index is 2.26. The molecule has 1 fully saturated rings. The lowest BCUT2D eigenvalue weighted by Gasteiger charge is -2.29. The minimum absolute atomic E-state index is 0.139. The normalized spacial score (nSPS) is 14.1. The molecule has 23 heavy (non-hydrogen) atoms. The van der Waals surface area contributed by atoms with Crippen LogP contribution in [-0.2, 0) is 0 Å². The predicted octanol–water partition coefficient (Wildman–Crippen LogP) is 2.02. The highest BCUT2D eigenvalue weighted by Gasteiger charge is 2.24. The molecule has 7 heteroatoms. The molecule has 0 saturated carbocycles. The Hall–Kier alpha value is -2.77. The molecule has 3 rings (SSSR count). The van der Waals surface area contributed by atoms with E-state index in [2.05, 4.69) is 27.0 Å². The summed E-state index contributed by atoms with van der Waals surface area (Å²) >= 11 is 1.87. The van der Waals surface area contributed by atoms with Crippen LogP contribution in [0.5, 0.6) is 0 Å². The van der Waals surface area contributed by atoms with E-state index in [1.807, 2.05) is 17.8 Å². The third kappa shape index (κ3) is 2.79. The molecule has 1 aliphatic heterocycles.